The van der Waals surface area contributed by atoms with Crippen LogP contribution >= 0.6 is 0 Å². The normalized spacial score (nSPS) is 30.6. The minimum atomic E-state index is -1.42. The molecule has 0 radical (unpaired) electrons. The lowest BCUT2D eigenvalue weighted by atomic mass is 9.76. The van der Waals surface area contributed by atoms with Crippen LogP contribution in [0.3, 0.4) is 0 Å². The summed E-state index contributed by atoms with van der Waals surface area (Å²) in [5, 5.41) is 16.3. The van der Waals surface area contributed by atoms with Crippen LogP contribution in [0.25, 0.3) is 0 Å². The number of para-hydroxylation sites is 1. The van der Waals surface area contributed by atoms with Crippen LogP contribution < -0.4 is 10.6 Å². The number of halogens is 1. The average Bonchev–Trinajstić information content (AvgIpc) is 3.31. The van der Waals surface area contributed by atoms with Crippen molar-refractivity contribution in [3.05, 3.63) is 65.5 Å². The number of carbonyl (C=O) groups is 3. The fraction of sp³-hybridized carbons (Fsp3) is 0.318. The van der Waals surface area contributed by atoms with Crippen molar-refractivity contribution in [2.45, 2.75) is 31.2 Å². The van der Waals surface area contributed by atoms with E-state index in [1.807, 2.05) is 0 Å². The maximum absolute atomic E-state index is 13.5. The molecule has 5 rings (SSSR count). The Kier molecular flexibility index (Phi) is 4.06. The molecule has 7 nitrogen and oxygen atoms in total. The monoisotopic (exact) mass is 409 g/mol. The lowest BCUT2D eigenvalue weighted by Crippen LogP contribution is -2.54. The fourth-order valence-corrected chi connectivity index (χ4v) is 5.09. The van der Waals surface area contributed by atoms with E-state index in [1.165, 1.54) is 31.2 Å². The Bertz CT molecular complexity index is 1070. The molecule has 3 aliphatic heterocycles. The first kappa shape index (κ1) is 18.9. The van der Waals surface area contributed by atoms with E-state index in [0.29, 0.717) is 16.8 Å². The molecule has 2 aromatic carbocycles. The molecule has 5 atom stereocenters. The Hall–Kier alpha value is -3.10. The number of likely N-dealkylation sites (tertiary alicyclic amines) is 1. The van der Waals surface area contributed by atoms with Crippen molar-refractivity contribution in [2.75, 3.05) is 5.32 Å². The Labute approximate surface area is 171 Å². The van der Waals surface area contributed by atoms with E-state index in [2.05, 4.69) is 10.6 Å². The molecule has 0 unspecified atom stereocenters. The summed E-state index contributed by atoms with van der Waals surface area (Å²) in [5.41, 5.74) is 0.354. The van der Waals surface area contributed by atoms with Gasteiger partial charge in [-0.05, 0) is 30.7 Å². The van der Waals surface area contributed by atoms with Crippen LogP contribution in [0.15, 0.2) is 48.5 Å². The third kappa shape index (κ3) is 2.41. The summed E-state index contributed by atoms with van der Waals surface area (Å²) in [7, 11) is 0. The SMILES string of the molecule is C[C@H](O)[C@@H]1N[C@@]2(C(=O)Nc3ccccc32)[C@@H]2C(=O)N(Cc3ccc(F)cc3)C(=O)[C@H]12. The van der Waals surface area contributed by atoms with E-state index in [1.54, 1.807) is 24.3 Å². The van der Waals surface area contributed by atoms with E-state index in [0.717, 1.165) is 4.90 Å². The number of benzene rings is 2. The lowest BCUT2D eigenvalue weighted by molar-refractivity contribution is -0.143. The molecule has 0 aliphatic carbocycles. The molecule has 8 heteroatoms. The van der Waals surface area contributed by atoms with Crippen LogP contribution in [0.1, 0.15) is 18.1 Å². The second-order valence-corrected chi connectivity index (χ2v) is 8.11. The van der Waals surface area contributed by atoms with Crippen molar-refractivity contribution in [1.82, 2.24) is 10.2 Å². The van der Waals surface area contributed by atoms with Crippen molar-refractivity contribution in [1.29, 1.82) is 0 Å². The highest BCUT2D eigenvalue weighted by Crippen LogP contribution is 2.53. The molecule has 30 heavy (non-hydrogen) atoms. The van der Waals surface area contributed by atoms with Gasteiger partial charge in [-0.1, -0.05) is 30.3 Å². The number of nitrogens with one attached hydrogen (secondary N) is 2. The Morgan fingerprint density at radius 3 is 2.50 bits per heavy atom. The average molecular weight is 409 g/mol. The summed E-state index contributed by atoms with van der Waals surface area (Å²) < 4.78 is 13.2. The number of nitrogens with zero attached hydrogens (tertiary/aromatic N) is 1. The van der Waals surface area contributed by atoms with Gasteiger partial charge in [0.15, 0.2) is 0 Å². The highest BCUT2D eigenvalue weighted by molar-refractivity contribution is 6.15. The van der Waals surface area contributed by atoms with E-state index in [9.17, 15) is 23.9 Å². The zero-order valence-corrected chi connectivity index (χ0v) is 16.1. The zero-order chi connectivity index (χ0) is 21.2. The number of anilines is 1. The third-order valence-corrected chi connectivity index (χ3v) is 6.42. The quantitative estimate of drug-likeness (QED) is 0.660. The number of carbonyl (C=O) groups excluding carboxylic acids is 3. The van der Waals surface area contributed by atoms with Gasteiger partial charge in [0, 0.05) is 17.3 Å². The molecule has 2 aromatic rings. The van der Waals surface area contributed by atoms with Gasteiger partial charge in [-0.2, -0.15) is 0 Å². The molecule has 3 aliphatic rings. The van der Waals surface area contributed by atoms with E-state index >= 15 is 0 Å². The summed E-state index contributed by atoms with van der Waals surface area (Å²) in [5.74, 6) is -3.60. The van der Waals surface area contributed by atoms with E-state index in [-0.39, 0.29) is 6.54 Å². The molecule has 1 spiro atoms. The smallest absolute Gasteiger partial charge is 0.250 e. The van der Waals surface area contributed by atoms with Crippen molar-refractivity contribution >= 4 is 23.4 Å². The largest absolute Gasteiger partial charge is 0.392 e. The van der Waals surface area contributed by atoms with Crippen LogP contribution in [0.4, 0.5) is 10.1 Å². The predicted octanol–water partition coefficient (Wildman–Crippen LogP) is 1.13. The van der Waals surface area contributed by atoms with Crippen LogP contribution in [-0.4, -0.2) is 39.9 Å². The lowest BCUT2D eigenvalue weighted by Gasteiger charge is -2.30. The van der Waals surface area contributed by atoms with Gasteiger partial charge < -0.3 is 10.4 Å². The first-order chi connectivity index (χ1) is 14.3. The van der Waals surface area contributed by atoms with Crippen LogP contribution in [-0.2, 0) is 26.5 Å². The molecule has 154 valence electrons. The van der Waals surface area contributed by atoms with Crippen molar-refractivity contribution < 1.29 is 23.9 Å². The zero-order valence-electron chi connectivity index (χ0n) is 16.1. The number of rotatable bonds is 3. The first-order valence-electron chi connectivity index (χ1n) is 9.81. The molecule has 3 N–H and O–H groups in total. The van der Waals surface area contributed by atoms with Gasteiger partial charge in [0.05, 0.1) is 24.5 Å². The second-order valence-electron chi connectivity index (χ2n) is 8.11. The Morgan fingerprint density at radius 2 is 1.80 bits per heavy atom. The summed E-state index contributed by atoms with van der Waals surface area (Å²) >= 11 is 0. The topological polar surface area (TPSA) is 98.7 Å². The number of aliphatic hydroxyl groups excluding tert-OH is 1. The molecule has 2 saturated heterocycles. The molecular formula is C22H20FN3O4. The number of imide groups is 1. The van der Waals surface area contributed by atoms with Crippen molar-refractivity contribution in [3.63, 3.8) is 0 Å². The Morgan fingerprint density at radius 1 is 1.10 bits per heavy atom. The third-order valence-electron chi connectivity index (χ3n) is 6.42. The number of fused-ring (bicyclic) bond motifs is 4. The summed E-state index contributed by atoms with van der Waals surface area (Å²) in [6.45, 7) is 1.52. The standard InChI is InChI=1S/C22H20FN3O4/c1-11(27)18-16-17(22(25-18)14-4-2-3-5-15(14)24-21(22)30)20(29)26(19(16)28)10-12-6-8-13(23)9-7-12/h2-9,11,16-18,25,27H,10H2,1H3,(H,24,30)/t11-,16-,17-,18-,22+/m0/s1. The number of hydrogen-bond donors (Lipinski definition) is 3. The molecule has 3 amide bonds. The van der Waals surface area contributed by atoms with Crippen molar-refractivity contribution in [3.8, 4) is 0 Å². The number of hydrogen-bond acceptors (Lipinski definition) is 5. The second kappa shape index (κ2) is 6.45. The van der Waals surface area contributed by atoms with Gasteiger partial charge in [0.25, 0.3) is 0 Å². The maximum atomic E-state index is 13.5. The highest BCUT2D eigenvalue weighted by atomic mass is 19.1. The molecular weight excluding hydrogens is 389 g/mol. The molecule has 2 fully saturated rings. The van der Waals surface area contributed by atoms with E-state index < -0.39 is 53.1 Å². The first-order valence-corrected chi connectivity index (χ1v) is 9.81. The maximum Gasteiger partial charge on any atom is 0.250 e. The predicted molar refractivity (Wildman–Crippen MR) is 104 cm³/mol. The van der Waals surface area contributed by atoms with Gasteiger partial charge >= 0.3 is 0 Å². The van der Waals surface area contributed by atoms with Gasteiger partial charge in [0.1, 0.15) is 11.4 Å². The summed E-state index contributed by atoms with van der Waals surface area (Å²) in [6.07, 6.45) is -0.958. The highest BCUT2D eigenvalue weighted by Gasteiger charge is 2.70. The van der Waals surface area contributed by atoms with Crippen LogP contribution in [0.5, 0.6) is 0 Å². The minimum absolute atomic E-state index is 0.0170. The van der Waals surface area contributed by atoms with E-state index in [4.69, 9.17) is 0 Å². The van der Waals surface area contributed by atoms with Crippen molar-refractivity contribution in [2.24, 2.45) is 11.8 Å². The van der Waals surface area contributed by atoms with Gasteiger partial charge in [-0.15, -0.1) is 0 Å². The minimum Gasteiger partial charge on any atom is -0.392 e. The molecule has 0 aromatic heterocycles. The van der Waals surface area contributed by atoms with Gasteiger partial charge in [-0.3, -0.25) is 24.6 Å². The molecule has 0 bridgehead atoms. The number of amides is 3. The Balaban J connectivity index is 1.59. The van der Waals surface area contributed by atoms with Crippen LogP contribution in [0, 0.1) is 17.7 Å². The fourth-order valence-electron chi connectivity index (χ4n) is 5.09. The molecule has 0 saturated carbocycles. The molecule has 3 heterocycles. The summed E-state index contributed by atoms with van der Waals surface area (Å²) in [6, 6.07) is 11.8. The van der Waals surface area contributed by atoms with Gasteiger partial charge in [-0.25, -0.2) is 4.39 Å². The van der Waals surface area contributed by atoms with Gasteiger partial charge in [0.2, 0.25) is 17.7 Å². The summed E-state index contributed by atoms with van der Waals surface area (Å²) in [4.78, 5) is 41.0. The van der Waals surface area contributed by atoms with Crippen LogP contribution in [0.2, 0.25) is 0 Å². The number of aliphatic hydroxyl groups is 1.